The summed E-state index contributed by atoms with van der Waals surface area (Å²) in [6, 6.07) is 15.0. The Balaban J connectivity index is 1.75. The zero-order valence-corrected chi connectivity index (χ0v) is 14.5. The van der Waals surface area contributed by atoms with Crippen molar-refractivity contribution < 1.29 is 19.2 Å². The van der Waals surface area contributed by atoms with Crippen LogP contribution in [-0.2, 0) is 4.79 Å². The van der Waals surface area contributed by atoms with Crippen molar-refractivity contribution in [1.82, 2.24) is 0 Å². The van der Waals surface area contributed by atoms with Crippen LogP contribution in [0.3, 0.4) is 0 Å². The van der Waals surface area contributed by atoms with E-state index in [0.717, 1.165) is 10.8 Å². The number of hydrogen-bond donors (Lipinski definition) is 1. The molecular formula is C20H16N2O5. The van der Waals surface area contributed by atoms with Crippen LogP contribution in [0.2, 0.25) is 0 Å². The number of benzene rings is 3. The molecule has 136 valence electrons. The smallest absolute Gasteiger partial charge is 0.271 e. The third-order valence-corrected chi connectivity index (χ3v) is 4.11. The number of ether oxygens (including phenoxy) is 1. The van der Waals surface area contributed by atoms with Gasteiger partial charge in [0.05, 0.1) is 16.2 Å². The Morgan fingerprint density at radius 1 is 1.19 bits per heavy atom. The molecule has 0 saturated heterocycles. The second kappa shape index (κ2) is 7.65. The quantitative estimate of drug-likeness (QED) is 0.406. The molecule has 0 aliphatic rings. The van der Waals surface area contributed by atoms with Gasteiger partial charge in [0.1, 0.15) is 5.75 Å². The summed E-state index contributed by atoms with van der Waals surface area (Å²) in [7, 11) is 0. The van der Waals surface area contributed by atoms with Gasteiger partial charge in [0.15, 0.2) is 12.9 Å². The minimum absolute atomic E-state index is 0.116. The Labute approximate surface area is 154 Å². The summed E-state index contributed by atoms with van der Waals surface area (Å²) in [6.07, 6.45) is 0.695. The van der Waals surface area contributed by atoms with E-state index in [2.05, 4.69) is 5.32 Å². The molecule has 0 spiro atoms. The van der Waals surface area contributed by atoms with Gasteiger partial charge < -0.3 is 10.1 Å². The molecule has 0 unspecified atom stereocenters. The topological polar surface area (TPSA) is 98.5 Å². The van der Waals surface area contributed by atoms with E-state index in [-0.39, 0.29) is 12.3 Å². The van der Waals surface area contributed by atoms with Crippen LogP contribution in [0.4, 0.5) is 11.4 Å². The number of aryl methyl sites for hydroxylation is 1. The maximum Gasteiger partial charge on any atom is 0.271 e. The molecule has 0 atom stereocenters. The highest BCUT2D eigenvalue weighted by Crippen LogP contribution is 2.27. The second-order valence-corrected chi connectivity index (χ2v) is 5.91. The summed E-state index contributed by atoms with van der Waals surface area (Å²) in [6.45, 7) is 1.40. The van der Waals surface area contributed by atoms with Gasteiger partial charge in [0.2, 0.25) is 0 Å². The van der Waals surface area contributed by atoms with Crippen LogP contribution < -0.4 is 10.1 Å². The lowest BCUT2D eigenvalue weighted by Gasteiger charge is -2.12. The molecule has 1 N–H and O–H groups in total. The van der Waals surface area contributed by atoms with E-state index in [1.54, 1.807) is 31.2 Å². The fourth-order valence-electron chi connectivity index (χ4n) is 2.71. The molecule has 7 nitrogen and oxygen atoms in total. The summed E-state index contributed by atoms with van der Waals surface area (Å²) in [5, 5.41) is 15.1. The van der Waals surface area contributed by atoms with Gasteiger partial charge in [-0.25, -0.2) is 0 Å². The lowest BCUT2D eigenvalue weighted by molar-refractivity contribution is -0.384. The first-order valence-corrected chi connectivity index (χ1v) is 8.14. The number of anilines is 1. The highest BCUT2D eigenvalue weighted by molar-refractivity contribution is 6.01. The van der Waals surface area contributed by atoms with E-state index < -0.39 is 10.8 Å². The molecule has 3 aromatic rings. The zero-order valence-electron chi connectivity index (χ0n) is 14.5. The first-order chi connectivity index (χ1) is 13.0. The van der Waals surface area contributed by atoms with Crippen LogP contribution in [0.15, 0.2) is 54.6 Å². The number of carbonyl (C=O) groups is 2. The van der Waals surface area contributed by atoms with E-state index in [1.807, 2.05) is 18.2 Å². The van der Waals surface area contributed by atoms with Crippen molar-refractivity contribution in [2.24, 2.45) is 0 Å². The van der Waals surface area contributed by atoms with Gasteiger partial charge >= 0.3 is 0 Å². The number of non-ortho nitro benzene ring substituents is 1. The highest BCUT2D eigenvalue weighted by atomic mass is 16.6. The lowest BCUT2D eigenvalue weighted by Crippen LogP contribution is -2.21. The molecule has 0 aromatic heterocycles. The number of hydrogen-bond acceptors (Lipinski definition) is 5. The summed E-state index contributed by atoms with van der Waals surface area (Å²) in [5.41, 5.74) is 1.28. The van der Waals surface area contributed by atoms with Crippen molar-refractivity contribution in [3.05, 3.63) is 75.8 Å². The summed E-state index contributed by atoms with van der Waals surface area (Å²) < 4.78 is 5.51. The predicted molar refractivity (Wildman–Crippen MR) is 101 cm³/mol. The van der Waals surface area contributed by atoms with Gasteiger partial charge in [-0.05, 0) is 29.3 Å². The van der Waals surface area contributed by atoms with Gasteiger partial charge in [0.25, 0.3) is 11.6 Å². The molecule has 0 saturated carbocycles. The number of carbonyl (C=O) groups excluding carboxylic acids is 2. The van der Waals surface area contributed by atoms with Crippen LogP contribution in [0.1, 0.15) is 15.9 Å². The fourth-order valence-corrected chi connectivity index (χ4v) is 2.71. The molecule has 0 radical (unpaired) electrons. The number of nitrogens with zero attached hydrogens (tertiary/aromatic N) is 1. The molecular weight excluding hydrogens is 348 g/mol. The van der Waals surface area contributed by atoms with E-state index in [4.69, 9.17) is 4.74 Å². The van der Waals surface area contributed by atoms with Gasteiger partial charge in [0, 0.05) is 12.1 Å². The van der Waals surface area contributed by atoms with Crippen LogP contribution in [0.5, 0.6) is 5.75 Å². The average Bonchev–Trinajstić information content (AvgIpc) is 2.67. The van der Waals surface area contributed by atoms with Crippen molar-refractivity contribution in [2.75, 3.05) is 11.9 Å². The van der Waals surface area contributed by atoms with Gasteiger partial charge in [-0.15, -0.1) is 0 Å². The van der Waals surface area contributed by atoms with Crippen molar-refractivity contribution in [3.63, 3.8) is 0 Å². The summed E-state index contributed by atoms with van der Waals surface area (Å²) >= 11 is 0. The second-order valence-electron chi connectivity index (χ2n) is 5.91. The first-order valence-electron chi connectivity index (χ1n) is 8.14. The van der Waals surface area contributed by atoms with Crippen molar-refractivity contribution in [3.8, 4) is 5.75 Å². The van der Waals surface area contributed by atoms with Crippen molar-refractivity contribution in [1.29, 1.82) is 0 Å². The standard InChI is InChI=1S/C20H16N2O5/c1-13-6-8-15(22(25)26)10-18(13)21-20(24)12-27-19-9-7-14-4-2-3-5-16(14)17(19)11-23/h2-11H,12H2,1H3,(H,21,24). The Hall–Kier alpha value is -3.74. The molecule has 3 rings (SSSR count). The maximum absolute atomic E-state index is 12.2. The monoisotopic (exact) mass is 364 g/mol. The number of amides is 1. The predicted octanol–water partition coefficient (Wildman–Crippen LogP) is 3.89. The zero-order chi connectivity index (χ0) is 19.4. The average molecular weight is 364 g/mol. The minimum Gasteiger partial charge on any atom is -0.483 e. The molecule has 3 aromatic carbocycles. The van der Waals surface area contributed by atoms with Crippen LogP contribution in [0.25, 0.3) is 10.8 Å². The third kappa shape index (κ3) is 3.92. The lowest BCUT2D eigenvalue weighted by atomic mass is 10.0. The Morgan fingerprint density at radius 3 is 2.70 bits per heavy atom. The largest absolute Gasteiger partial charge is 0.483 e. The van der Waals surface area contributed by atoms with Crippen LogP contribution in [0, 0.1) is 17.0 Å². The molecule has 0 bridgehead atoms. The Bertz CT molecular complexity index is 1050. The normalized spacial score (nSPS) is 10.4. The SMILES string of the molecule is Cc1ccc([N+](=O)[O-])cc1NC(=O)COc1ccc2ccccc2c1C=O. The molecule has 7 heteroatoms. The third-order valence-electron chi connectivity index (χ3n) is 4.11. The number of nitro groups is 1. The van der Waals surface area contributed by atoms with Gasteiger partial charge in [-0.2, -0.15) is 0 Å². The van der Waals surface area contributed by atoms with Gasteiger partial charge in [-0.3, -0.25) is 19.7 Å². The molecule has 1 amide bonds. The van der Waals surface area contributed by atoms with E-state index in [0.29, 0.717) is 28.8 Å². The number of rotatable bonds is 6. The molecule has 0 aliphatic carbocycles. The van der Waals surface area contributed by atoms with E-state index in [9.17, 15) is 19.7 Å². The van der Waals surface area contributed by atoms with E-state index >= 15 is 0 Å². The summed E-state index contributed by atoms with van der Waals surface area (Å²) in [5.74, 6) is -0.182. The van der Waals surface area contributed by atoms with E-state index in [1.165, 1.54) is 12.1 Å². The highest BCUT2D eigenvalue weighted by Gasteiger charge is 2.13. The number of fused-ring (bicyclic) bond motifs is 1. The maximum atomic E-state index is 12.2. The molecule has 0 aliphatic heterocycles. The van der Waals surface area contributed by atoms with Gasteiger partial charge in [-0.1, -0.05) is 36.4 Å². The fraction of sp³-hybridized carbons (Fsp3) is 0.100. The van der Waals surface area contributed by atoms with Crippen LogP contribution in [-0.4, -0.2) is 23.7 Å². The Kier molecular flexibility index (Phi) is 5.12. The number of nitro benzene ring substituents is 1. The first kappa shape index (κ1) is 18.1. The molecule has 0 heterocycles. The Morgan fingerprint density at radius 2 is 1.96 bits per heavy atom. The van der Waals surface area contributed by atoms with Crippen molar-refractivity contribution >= 4 is 34.3 Å². The number of nitrogens with one attached hydrogen (secondary N) is 1. The molecule has 27 heavy (non-hydrogen) atoms. The molecule has 0 fully saturated rings. The van der Waals surface area contributed by atoms with Crippen molar-refractivity contribution in [2.45, 2.75) is 6.92 Å². The summed E-state index contributed by atoms with van der Waals surface area (Å²) in [4.78, 5) is 34.0. The van der Waals surface area contributed by atoms with Crippen LogP contribution >= 0.6 is 0 Å². The minimum atomic E-state index is -0.531. The number of aldehydes is 1.